The quantitative estimate of drug-likeness (QED) is 0.690. The highest BCUT2D eigenvalue weighted by molar-refractivity contribution is 4.91. The van der Waals surface area contributed by atoms with E-state index in [0.717, 1.165) is 0 Å². The molecule has 1 aliphatic rings. The standard InChI is InChI=1S/C10H22N2/c1-4-10(12(3)5-2)6-8-11-9-7-10/h11H,4-9H2,1-3H3. The number of nitrogens with one attached hydrogen (secondary N) is 1. The summed E-state index contributed by atoms with van der Waals surface area (Å²) in [4.78, 5) is 2.52. The van der Waals surface area contributed by atoms with Gasteiger partial charge in [0, 0.05) is 5.54 Å². The zero-order valence-corrected chi connectivity index (χ0v) is 8.69. The lowest BCUT2D eigenvalue weighted by Crippen LogP contribution is -2.52. The zero-order valence-electron chi connectivity index (χ0n) is 8.69. The Hall–Kier alpha value is -0.0800. The molecule has 1 N–H and O–H groups in total. The van der Waals surface area contributed by atoms with E-state index < -0.39 is 0 Å². The second-order valence-corrected chi connectivity index (χ2v) is 3.84. The third-order valence-corrected chi connectivity index (χ3v) is 3.48. The van der Waals surface area contributed by atoms with E-state index in [-0.39, 0.29) is 0 Å². The van der Waals surface area contributed by atoms with Crippen LogP contribution in [-0.2, 0) is 0 Å². The van der Waals surface area contributed by atoms with Crippen molar-refractivity contribution in [3.63, 3.8) is 0 Å². The average molecular weight is 170 g/mol. The monoisotopic (exact) mass is 170 g/mol. The van der Waals surface area contributed by atoms with Crippen LogP contribution in [0.2, 0.25) is 0 Å². The Morgan fingerprint density at radius 2 is 1.83 bits per heavy atom. The fraction of sp³-hybridized carbons (Fsp3) is 1.00. The van der Waals surface area contributed by atoms with Crippen molar-refractivity contribution in [3.05, 3.63) is 0 Å². The molecule has 1 fully saturated rings. The molecule has 2 heteroatoms. The molecular formula is C10H22N2. The molecule has 1 rings (SSSR count). The first-order valence-electron chi connectivity index (χ1n) is 5.17. The van der Waals surface area contributed by atoms with E-state index in [1.54, 1.807) is 0 Å². The van der Waals surface area contributed by atoms with Gasteiger partial charge in [0.1, 0.15) is 0 Å². The van der Waals surface area contributed by atoms with Gasteiger partial charge in [0.15, 0.2) is 0 Å². The van der Waals surface area contributed by atoms with Crippen molar-refractivity contribution >= 4 is 0 Å². The summed E-state index contributed by atoms with van der Waals surface area (Å²) in [7, 11) is 2.26. The average Bonchev–Trinajstić information content (AvgIpc) is 2.17. The SMILES string of the molecule is CCN(C)C1(CC)CCNCC1. The fourth-order valence-corrected chi connectivity index (χ4v) is 2.23. The van der Waals surface area contributed by atoms with Crippen LogP contribution in [-0.4, -0.2) is 37.1 Å². The molecule has 0 aromatic heterocycles. The van der Waals surface area contributed by atoms with Crippen LogP contribution in [0.4, 0.5) is 0 Å². The van der Waals surface area contributed by atoms with Gasteiger partial charge in [0.05, 0.1) is 0 Å². The van der Waals surface area contributed by atoms with Gasteiger partial charge in [-0.1, -0.05) is 13.8 Å². The lowest BCUT2D eigenvalue weighted by atomic mass is 9.84. The van der Waals surface area contributed by atoms with Crippen LogP contribution in [0, 0.1) is 0 Å². The summed E-state index contributed by atoms with van der Waals surface area (Å²) in [5, 5.41) is 3.43. The molecule has 1 heterocycles. The minimum atomic E-state index is 0.500. The smallest absolute Gasteiger partial charge is 0.0228 e. The Bertz CT molecular complexity index is 128. The first-order valence-corrected chi connectivity index (χ1v) is 5.17. The van der Waals surface area contributed by atoms with Gasteiger partial charge >= 0.3 is 0 Å². The molecule has 0 aromatic rings. The van der Waals surface area contributed by atoms with E-state index in [1.807, 2.05) is 0 Å². The van der Waals surface area contributed by atoms with Crippen LogP contribution in [0.3, 0.4) is 0 Å². The van der Waals surface area contributed by atoms with Crippen LogP contribution >= 0.6 is 0 Å². The van der Waals surface area contributed by atoms with Crippen LogP contribution in [0.15, 0.2) is 0 Å². The molecule has 0 saturated carbocycles. The second-order valence-electron chi connectivity index (χ2n) is 3.84. The highest BCUT2D eigenvalue weighted by atomic mass is 15.2. The van der Waals surface area contributed by atoms with E-state index in [0.29, 0.717) is 5.54 Å². The molecule has 0 bridgehead atoms. The second kappa shape index (κ2) is 4.24. The maximum Gasteiger partial charge on any atom is 0.0228 e. The predicted octanol–water partition coefficient (Wildman–Crippen LogP) is 1.47. The molecule has 0 aromatic carbocycles. The van der Waals surface area contributed by atoms with Gasteiger partial charge in [-0.15, -0.1) is 0 Å². The summed E-state index contributed by atoms with van der Waals surface area (Å²) >= 11 is 0. The fourth-order valence-electron chi connectivity index (χ4n) is 2.23. The molecule has 0 spiro atoms. The number of rotatable bonds is 3. The summed E-state index contributed by atoms with van der Waals surface area (Å²) in [5.74, 6) is 0. The van der Waals surface area contributed by atoms with E-state index in [9.17, 15) is 0 Å². The van der Waals surface area contributed by atoms with Gasteiger partial charge < -0.3 is 10.2 Å². The van der Waals surface area contributed by atoms with Crippen LogP contribution < -0.4 is 5.32 Å². The van der Waals surface area contributed by atoms with Gasteiger partial charge in [-0.2, -0.15) is 0 Å². The van der Waals surface area contributed by atoms with Gasteiger partial charge in [0.25, 0.3) is 0 Å². The molecule has 0 aliphatic carbocycles. The maximum absolute atomic E-state index is 3.43. The lowest BCUT2D eigenvalue weighted by molar-refractivity contribution is 0.0830. The van der Waals surface area contributed by atoms with Crippen molar-refractivity contribution in [1.29, 1.82) is 0 Å². The number of nitrogens with zero attached hydrogens (tertiary/aromatic N) is 1. The minimum Gasteiger partial charge on any atom is -0.317 e. The van der Waals surface area contributed by atoms with Crippen molar-refractivity contribution in [2.75, 3.05) is 26.7 Å². The highest BCUT2D eigenvalue weighted by Crippen LogP contribution is 2.27. The van der Waals surface area contributed by atoms with E-state index in [4.69, 9.17) is 0 Å². The molecular weight excluding hydrogens is 148 g/mol. The Morgan fingerprint density at radius 1 is 1.25 bits per heavy atom. The maximum atomic E-state index is 3.43. The van der Waals surface area contributed by atoms with Crippen molar-refractivity contribution < 1.29 is 0 Å². The molecule has 0 amide bonds. The van der Waals surface area contributed by atoms with Gasteiger partial charge in [-0.05, 0) is 45.9 Å². The first kappa shape index (κ1) is 10.0. The van der Waals surface area contributed by atoms with Crippen molar-refractivity contribution in [1.82, 2.24) is 10.2 Å². The van der Waals surface area contributed by atoms with Gasteiger partial charge in [-0.25, -0.2) is 0 Å². The number of piperidine rings is 1. The van der Waals surface area contributed by atoms with Gasteiger partial charge in [-0.3, -0.25) is 0 Å². The summed E-state index contributed by atoms with van der Waals surface area (Å²) in [6.07, 6.45) is 3.92. The topological polar surface area (TPSA) is 15.3 Å². The van der Waals surface area contributed by atoms with Crippen LogP contribution in [0.1, 0.15) is 33.1 Å². The Balaban J connectivity index is 2.59. The van der Waals surface area contributed by atoms with E-state index in [2.05, 4.69) is 31.1 Å². The van der Waals surface area contributed by atoms with Crippen molar-refractivity contribution in [3.8, 4) is 0 Å². The third kappa shape index (κ3) is 1.80. The van der Waals surface area contributed by atoms with E-state index >= 15 is 0 Å². The normalized spacial score (nSPS) is 23.0. The summed E-state index contributed by atoms with van der Waals surface area (Å²) < 4.78 is 0. The Labute approximate surface area is 76.3 Å². The van der Waals surface area contributed by atoms with Crippen LogP contribution in [0.5, 0.6) is 0 Å². The summed E-state index contributed by atoms with van der Waals surface area (Å²) in [6.45, 7) is 8.13. The van der Waals surface area contributed by atoms with Gasteiger partial charge in [0.2, 0.25) is 0 Å². The summed E-state index contributed by atoms with van der Waals surface area (Å²) in [5.41, 5.74) is 0.500. The molecule has 0 radical (unpaired) electrons. The molecule has 72 valence electrons. The molecule has 0 unspecified atom stereocenters. The predicted molar refractivity (Wildman–Crippen MR) is 53.4 cm³/mol. The largest absolute Gasteiger partial charge is 0.317 e. The highest BCUT2D eigenvalue weighted by Gasteiger charge is 2.32. The van der Waals surface area contributed by atoms with Crippen molar-refractivity contribution in [2.24, 2.45) is 0 Å². The molecule has 0 atom stereocenters. The van der Waals surface area contributed by atoms with E-state index in [1.165, 1.54) is 38.9 Å². The molecule has 2 nitrogen and oxygen atoms in total. The number of hydrogen-bond acceptors (Lipinski definition) is 2. The minimum absolute atomic E-state index is 0.500. The molecule has 1 aliphatic heterocycles. The number of hydrogen-bond donors (Lipinski definition) is 1. The first-order chi connectivity index (χ1) is 5.75. The Morgan fingerprint density at radius 3 is 2.25 bits per heavy atom. The lowest BCUT2D eigenvalue weighted by Gasteiger charge is -2.44. The molecule has 1 saturated heterocycles. The Kier molecular flexibility index (Phi) is 3.53. The zero-order chi connectivity index (χ0) is 9.03. The van der Waals surface area contributed by atoms with Crippen molar-refractivity contribution in [2.45, 2.75) is 38.6 Å². The third-order valence-electron chi connectivity index (χ3n) is 3.48. The molecule has 12 heavy (non-hydrogen) atoms. The van der Waals surface area contributed by atoms with Crippen LogP contribution in [0.25, 0.3) is 0 Å². The summed E-state index contributed by atoms with van der Waals surface area (Å²) in [6, 6.07) is 0.